The van der Waals surface area contributed by atoms with Crippen LogP contribution in [0.3, 0.4) is 0 Å². The largest absolute Gasteiger partial charge is 0.467 e. The summed E-state index contributed by atoms with van der Waals surface area (Å²) < 4.78 is 24.7. The molecule has 2 aliphatic rings. The summed E-state index contributed by atoms with van der Waals surface area (Å²) in [6.45, 7) is 3.96. The van der Waals surface area contributed by atoms with E-state index in [0.29, 0.717) is 30.9 Å². The molecule has 6 nitrogen and oxygen atoms in total. The number of fused-ring (bicyclic) bond motifs is 1. The lowest BCUT2D eigenvalue weighted by Gasteiger charge is -2.22. The topological polar surface area (TPSA) is 58.1 Å². The minimum absolute atomic E-state index is 0.192. The van der Waals surface area contributed by atoms with Gasteiger partial charge in [-0.1, -0.05) is 30.3 Å². The van der Waals surface area contributed by atoms with Crippen molar-refractivity contribution in [1.29, 1.82) is 0 Å². The summed E-state index contributed by atoms with van der Waals surface area (Å²) in [7, 11) is 1.75. The summed E-state index contributed by atoms with van der Waals surface area (Å²) in [4.78, 5) is 6.77. The van der Waals surface area contributed by atoms with Crippen LogP contribution in [0.15, 0.2) is 47.5 Å². The van der Waals surface area contributed by atoms with Crippen molar-refractivity contribution >= 4 is 5.96 Å². The molecule has 1 fully saturated rings. The van der Waals surface area contributed by atoms with Crippen molar-refractivity contribution in [2.75, 3.05) is 26.9 Å². The second-order valence-electron chi connectivity index (χ2n) is 7.44. The molecule has 0 bridgehead atoms. The van der Waals surface area contributed by atoms with Gasteiger partial charge in [-0.3, -0.25) is 9.89 Å². The second-order valence-corrected chi connectivity index (χ2v) is 7.44. The molecular weight excluding hydrogens is 371 g/mol. The van der Waals surface area contributed by atoms with E-state index in [9.17, 15) is 4.39 Å². The quantitative estimate of drug-likeness (QED) is 0.599. The van der Waals surface area contributed by atoms with E-state index >= 15 is 0 Å². The molecule has 1 atom stereocenters. The highest BCUT2D eigenvalue weighted by molar-refractivity contribution is 5.80. The molecule has 2 heterocycles. The maximum absolute atomic E-state index is 13.9. The zero-order chi connectivity index (χ0) is 20.1. The Hall–Kier alpha value is -2.64. The van der Waals surface area contributed by atoms with Gasteiger partial charge in [-0.25, -0.2) is 4.39 Å². The summed E-state index contributed by atoms with van der Waals surface area (Å²) >= 11 is 0. The molecule has 2 aromatic rings. The number of benzene rings is 2. The third kappa shape index (κ3) is 5.05. The summed E-state index contributed by atoms with van der Waals surface area (Å²) in [6, 6.07) is 13.8. The van der Waals surface area contributed by atoms with E-state index in [0.717, 1.165) is 37.2 Å². The normalized spacial score (nSPS) is 19.5. The molecule has 0 radical (unpaired) electrons. The van der Waals surface area contributed by atoms with Gasteiger partial charge in [0.25, 0.3) is 0 Å². The van der Waals surface area contributed by atoms with Crippen molar-refractivity contribution in [3.63, 3.8) is 0 Å². The second kappa shape index (κ2) is 9.24. The number of guanidine groups is 1. The minimum Gasteiger partial charge on any atom is -0.467 e. The van der Waals surface area contributed by atoms with Crippen LogP contribution in [-0.2, 0) is 24.4 Å². The molecule has 2 aromatic carbocycles. The number of ether oxygens (including phenoxy) is 2. The first kappa shape index (κ1) is 19.7. The maximum atomic E-state index is 13.9. The van der Waals surface area contributed by atoms with Crippen molar-refractivity contribution in [1.82, 2.24) is 15.5 Å². The van der Waals surface area contributed by atoms with Gasteiger partial charge >= 0.3 is 0 Å². The van der Waals surface area contributed by atoms with Crippen LogP contribution in [0.2, 0.25) is 0 Å². The van der Waals surface area contributed by atoms with Crippen LogP contribution < -0.4 is 15.4 Å². The Morgan fingerprint density at radius 2 is 2.14 bits per heavy atom. The Bertz CT molecular complexity index is 859. The molecule has 0 spiro atoms. The Labute approximate surface area is 170 Å². The van der Waals surface area contributed by atoms with Gasteiger partial charge in [0.1, 0.15) is 11.6 Å². The molecule has 1 saturated heterocycles. The fourth-order valence-electron chi connectivity index (χ4n) is 3.89. The maximum Gasteiger partial charge on any atom is 0.191 e. The number of hydrogen-bond donors (Lipinski definition) is 2. The van der Waals surface area contributed by atoms with Gasteiger partial charge < -0.3 is 20.1 Å². The highest BCUT2D eigenvalue weighted by Gasteiger charge is 2.23. The van der Waals surface area contributed by atoms with Crippen molar-refractivity contribution in [3.05, 3.63) is 65.0 Å². The lowest BCUT2D eigenvalue weighted by atomic mass is 10.1. The molecule has 29 heavy (non-hydrogen) atoms. The Kier molecular flexibility index (Phi) is 6.27. The minimum atomic E-state index is -0.287. The predicted molar refractivity (Wildman–Crippen MR) is 110 cm³/mol. The molecule has 0 amide bonds. The van der Waals surface area contributed by atoms with Gasteiger partial charge in [-0.2, -0.15) is 0 Å². The van der Waals surface area contributed by atoms with Gasteiger partial charge in [0.2, 0.25) is 0 Å². The van der Waals surface area contributed by atoms with Crippen LogP contribution >= 0.6 is 0 Å². The first-order chi connectivity index (χ1) is 14.2. The number of likely N-dealkylation sites (tertiary alicyclic amines) is 1. The average Bonchev–Trinajstić information content (AvgIpc) is 3.18. The van der Waals surface area contributed by atoms with E-state index in [1.807, 2.05) is 6.07 Å². The molecule has 2 aliphatic heterocycles. The fraction of sp³-hybridized carbons (Fsp3) is 0.409. The molecule has 154 valence electrons. The zero-order valence-electron chi connectivity index (χ0n) is 16.7. The fourth-order valence-corrected chi connectivity index (χ4v) is 3.89. The van der Waals surface area contributed by atoms with Crippen LogP contribution in [0.4, 0.5) is 4.39 Å². The Morgan fingerprint density at radius 3 is 2.97 bits per heavy atom. The zero-order valence-corrected chi connectivity index (χ0v) is 16.7. The van der Waals surface area contributed by atoms with Crippen LogP contribution in [0.5, 0.6) is 5.75 Å². The Morgan fingerprint density at radius 1 is 1.28 bits per heavy atom. The first-order valence-corrected chi connectivity index (χ1v) is 9.96. The predicted octanol–water partition coefficient (Wildman–Crippen LogP) is 2.63. The van der Waals surface area contributed by atoms with Crippen molar-refractivity contribution in [2.24, 2.45) is 4.99 Å². The monoisotopic (exact) mass is 398 g/mol. The van der Waals surface area contributed by atoms with E-state index in [1.54, 1.807) is 7.05 Å². The molecule has 0 aliphatic carbocycles. The number of halogens is 1. The van der Waals surface area contributed by atoms with E-state index in [-0.39, 0.29) is 12.6 Å². The lowest BCUT2D eigenvalue weighted by molar-refractivity contribution is -0.0172. The molecule has 7 heteroatoms. The third-order valence-corrected chi connectivity index (χ3v) is 5.28. The molecule has 0 saturated carbocycles. The number of nitrogens with zero attached hydrogens (tertiary/aromatic N) is 2. The van der Waals surface area contributed by atoms with Gasteiger partial charge in [0.15, 0.2) is 12.8 Å². The van der Waals surface area contributed by atoms with Crippen molar-refractivity contribution < 1.29 is 13.9 Å². The summed E-state index contributed by atoms with van der Waals surface area (Å²) in [6.07, 6.45) is 1.06. The van der Waals surface area contributed by atoms with Crippen LogP contribution in [0.25, 0.3) is 0 Å². The number of rotatable bonds is 5. The third-order valence-electron chi connectivity index (χ3n) is 5.28. The van der Waals surface area contributed by atoms with Gasteiger partial charge in [-0.05, 0) is 24.1 Å². The highest BCUT2D eigenvalue weighted by Crippen LogP contribution is 2.29. The molecule has 1 unspecified atom stereocenters. The van der Waals surface area contributed by atoms with Crippen LogP contribution in [0.1, 0.15) is 23.1 Å². The standard InChI is InChI=1S/C22H27FN4O2/c1-24-22(25-11-17-9-19(23)10-18-14-28-15-29-21(17)18)26-20-7-8-27(13-20)12-16-5-3-2-4-6-16/h2-6,9-10,20H,7-8,11-15H2,1H3,(H2,24,25,26). The summed E-state index contributed by atoms with van der Waals surface area (Å²) in [5, 5.41) is 6.77. The van der Waals surface area contributed by atoms with Crippen LogP contribution in [0, 0.1) is 5.82 Å². The van der Waals surface area contributed by atoms with E-state index in [2.05, 4.69) is 44.8 Å². The smallest absolute Gasteiger partial charge is 0.191 e. The first-order valence-electron chi connectivity index (χ1n) is 9.96. The van der Waals surface area contributed by atoms with E-state index in [4.69, 9.17) is 9.47 Å². The number of aliphatic imine (C=N–C) groups is 1. The summed E-state index contributed by atoms with van der Waals surface area (Å²) in [5.41, 5.74) is 2.84. The number of nitrogens with one attached hydrogen (secondary N) is 2. The average molecular weight is 398 g/mol. The molecular formula is C22H27FN4O2. The molecule has 4 rings (SSSR count). The summed E-state index contributed by atoms with van der Waals surface area (Å²) in [5.74, 6) is 1.13. The van der Waals surface area contributed by atoms with Crippen molar-refractivity contribution in [3.8, 4) is 5.75 Å². The van der Waals surface area contributed by atoms with Crippen LogP contribution in [-0.4, -0.2) is 43.8 Å². The Balaban J connectivity index is 1.31. The molecule has 2 N–H and O–H groups in total. The lowest BCUT2D eigenvalue weighted by Crippen LogP contribution is -2.44. The van der Waals surface area contributed by atoms with Gasteiger partial charge in [0.05, 0.1) is 6.61 Å². The van der Waals surface area contributed by atoms with Crippen molar-refractivity contribution in [2.45, 2.75) is 32.2 Å². The van der Waals surface area contributed by atoms with Gasteiger partial charge in [-0.15, -0.1) is 0 Å². The van der Waals surface area contributed by atoms with E-state index < -0.39 is 0 Å². The highest BCUT2D eigenvalue weighted by atomic mass is 19.1. The van der Waals surface area contributed by atoms with E-state index in [1.165, 1.54) is 17.7 Å². The SMILES string of the molecule is CN=C(NCc1cc(F)cc2c1OCOC2)NC1CCN(Cc2ccccc2)C1. The number of hydrogen-bond acceptors (Lipinski definition) is 4. The van der Waals surface area contributed by atoms with Gasteiger partial charge in [0, 0.05) is 50.4 Å². The molecule has 0 aromatic heterocycles.